The van der Waals surface area contributed by atoms with Crippen molar-refractivity contribution in [2.75, 3.05) is 24.5 Å². The van der Waals surface area contributed by atoms with E-state index in [9.17, 15) is 9.59 Å². The molecule has 3 rings (SSSR count). The number of halogens is 1. The van der Waals surface area contributed by atoms with Crippen molar-refractivity contribution in [2.45, 2.75) is 73.1 Å². The number of aromatic nitrogens is 1. The molecule has 0 radical (unpaired) electrons. The lowest BCUT2D eigenvalue weighted by molar-refractivity contribution is 0.00860. The number of aromatic amines is 1. The minimum Gasteiger partial charge on any atom is -0.474 e. The largest absolute Gasteiger partial charge is 0.474 e. The normalized spacial score (nSPS) is 15.7. The standard InChI is InChI=1S/C28H39ClN4O3/c1-9-33(22-10-11-32(16-22)20(5)36-28(6,7)8)25-14-21(29)13-23(19(25)4)26(34)30-15-24-17(2)12-18(3)31-27(24)35/h12-14,22H,5,9-11,15-16H2,1-4,6-8H3,(H,30,34)(H,31,35). The number of amides is 1. The Morgan fingerprint density at radius 3 is 2.58 bits per heavy atom. The topological polar surface area (TPSA) is 77.7 Å². The molecule has 1 atom stereocenters. The molecule has 1 aliphatic rings. The molecular weight excluding hydrogens is 476 g/mol. The summed E-state index contributed by atoms with van der Waals surface area (Å²) in [5, 5.41) is 3.41. The van der Waals surface area contributed by atoms with E-state index in [1.807, 2.05) is 53.7 Å². The number of aryl methyl sites for hydroxylation is 2. The molecule has 2 aromatic rings. The van der Waals surface area contributed by atoms with Gasteiger partial charge in [-0.15, -0.1) is 0 Å². The molecule has 1 saturated heterocycles. The number of carbonyl (C=O) groups is 1. The summed E-state index contributed by atoms with van der Waals surface area (Å²) in [6.45, 7) is 20.5. The molecule has 1 amide bonds. The average molecular weight is 515 g/mol. The highest BCUT2D eigenvalue weighted by molar-refractivity contribution is 6.31. The first-order valence-electron chi connectivity index (χ1n) is 12.5. The molecule has 8 heteroatoms. The van der Waals surface area contributed by atoms with Crippen LogP contribution < -0.4 is 15.8 Å². The van der Waals surface area contributed by atoms with Crippen LogP contribution >= 0.6 is 11.6 Å². The van der Waals surface area contributed by atoms with E-state index in [1.54, 1.807) is 6.07 Å². The van der Waals surface area contributed by atoms with Crippen LogP contribution in [-0.2, 0) is 11.3 Å². The number of carbonyl (C=O) groups excluding carboxylic acids is 1. The van der Waals surface area contributed by atoms with E-state index in [1.165, 1.54) is 0 Å². The van der Waals surface area contributed by atoms with Crippen molar-refractivity contribution in [3.63, 3.8) is 0 Å². The average Bonchev–Trinajstić information content (AvgIpc) is 3.24. The van der Waals surface area contributed by atoms with E-state index in [2.05, 4.69) is 33.6 Å². The maximum Gasteiger partial charge on any atom is 0.253 e. The second-order valence-electron chi connectivity index (χ2n) is 10.5. The molecule has 2 heterocycles. The number of likely N-dealkylation sites (N-methyl/N-ethyl adjacent to an activating group) is 1. The summed E-state index contributed by atoms with van der Waals surface area (Å²) in [7, 11) is 0. The number of nitrogens with zero attached hydrogens (tertiary/aromatic N) is 2. The third-order valence-electron chi connectivity index (χ3n) is 6.54. The van der Waals surface area contributed by atoms with Crippen LogP contribution in [0.15, 0.2) is 35.5 Å². The van der Waals surface area contributed by atoms with Gasteiger partial charge in [0.25, 0.3) is 11.5 Å². The van der Waals surface area contributed by atoms with E-state index in [4.69, 9.17) is 16.3 Å². The lowest BCUT2D eigenvalue weighted by Gasteiger charge is -2.33. The molecule has 2 N–H and O–H groups in total. The predicted octanol–water partition coefficient (Wildman–Crippen LogP) is 5.07. The van der Waals surface area contributed by atoms with Crippen molar-refractivity contribution < 1.29 is 9.53 Å². The molecule has 1 fully saturated rings. The second-order valence-corrected chi connectivity index (χ2v) is 10.9. The Labute approximate surface area is 219 Å². The number of benzene rings is 1. The van der Waals surface area contributed by atoms with Crippen LogP contribution in [0.25, 0.3) is 0 Å². The van der Waals surface area contributed by atoms with E-state index >= 15 is 0 Å². The predicted molar refractivity (Wildman–Crippen MR) is 147 cm³/mol. The summed E-state index contributed by atoms with van der Waals surface area (Å²) in [5.41, 5.74) is 4.01. The Bertz CT molecular complexity index is 1200. The summed E-state index contributed by atoms with van der Waals surface area (Å²) in [6.07, 6.45) is 0.948. The van der Waals surface area contributed by atoms with E-state index < -0.39 is 0 Å². The summed E-state index contributed by atoms with van der Waals surface area (Å²) in [4.78, 5) is 32.8. The molecular formula is C28H39ClN4O3. The number of likely N-dealkylation sites (tertiary alicyclic amines) is 1. The van der Waals surface area contributed by atoms with Gasteiger partial charge in [0.2, 0.25) is 0 Å². The summed E-state index contributed by atoms with van der Waals surface area (Å²) < 4.78 is 5.98. The fourth-order valence-electron chi connectivity index (χ4n) is 4.83. The molecule has 1 unspecified atom stereocenters. The minimum absolute atomic E-state index is 0.145. The second kappa shape index (κ2) is 11.0. The molecule has 0 spiro atoms. The van der Waals surface area contributed by atoms with Gasteiger partial charge in [0.1, 0.15) is 5.60 Å². The Morgan fingerprint density at radius 1 is 1.28 bits per heavy atom. The zero-order valence-electron chi connectivity index (χ0n) is 22.5. The summed E-state index contributed by atoms with van der Waals surface area (Å²) in [5.74, 6) is 0.428. The van der Waals surface area contributed by atoms with Gasteiger partial charge in [-0.2, -0.15) is 0 Å². The quantitative estimate of drug-likeness (QED) is 0.481. The van der Waals surface area contributed by atoms with Gasteiger partial charge in [-0.25, -0.2) is 0 Å². The van der Waals surface area contributed by atoms with Gasteiger partial charge >= 0.3 is 0 Å². The molecule has 7 nitrogen and oxygen atoms in total. The molecule has 36 heavy (non-hydrogen) atoms. The van der Waals surface area contributed by atoms with Crippen LogP contribution in [0.2, 0.25) is 5.02 Å². The first-order valence-corrected chi connectivity index (χ1v) is 12.9. The monoisotopic (exact) mass is 514 g/mol. The molecule has 1 aromatic carbocycles. The van der Waals surface area contributed by atoms with Crippen LogP contribution in [0, 0.1) is 20.8 Å². The number of pyridine rings is 1. The Hall–Kier alpha value is -2.93. The fraction of sp³-hybridized carbons (Fsp3) is 0.500. The molecule has 1 aromatic heterocycles. The van der Waals surface area contributed by atoms with Crippen LogP contribution in [-0.4, -0.2) is 47.1 Å². The van der Waals surface area contributed by atoms with Gasteiger partial charge in [0.15, 0.2) is 5.88 Å². The maximum atomic E-state index is 13.2. The highest BCUT2D eigenvalue weighted by Crippen LogP contribution is 2.32. The van der Waals surface area contributed by atoms with Crippen molar-refractivity contribution in [1.29, 1.82) is 0 Å². The van der Waals surface area contributed by atoms with Crippen molar-refractivity contribution in [2.24, 2.45) is 0 Å². The lowest BCUT2D eigenvalue weighted by atomic mass is 10.0. The van der Waals surface area contributed by atoms with Gasteiger partial charge in [0, 0.05) is 59.8 Å². The van der Waals surface area contributed by atoms with Crippen molar-refractivity contribution in [3.05, 3.63) is 74.0 Å². The fourth-order valence-corrected chi connectivity index (χ4v) is 5.04. The Balaban J connectivity index is 1.80. The number of anilines is 1. The van der Waals surface area contributed by atoms with Gasteiger partial charge in [-0.05, 0) is 90.8 Å². The highest BCUT2D eigenvalue weighted by atomic mass is 35.5. The van der Waals surface area contributed by atoms with Gasteiger partial charge in [0.05, 0.1) is 0 Å². The van der Waals surface area contributed by atoms with E-state index in [0.29, 0.717) is 22.0 Å². The molecule has 0 bridgehead atoms. The molecule has 0 aliphatic carbocycles. The highest BCUT2D eigenvalue weighted by Gasteiger charge is 2.31. The minimum atomic E-state index is -0.298. The number of hydrogen-bond acceptors (Lipinski definition) is 5. The van der Waals surface area contributed by atoms with Gasteiger partial charge < -0.3 is 24.8 Å². The third-order valence-corrected chi connectivity index (χ3v) is 6.76. The number of hydrogen-bond donors (Lipinski definition) is 2. The zero-order valence-corrected chi connectivity index (χ0v) is 23.3. The summed E-state index contributed by atoms with van der Waals surface area (Å²) in [6, 6.07) is 5.75. The molecule has 196 valence electrons. The number of rotatable bonds is 8. The smallest absolute Gasteiger partial charge is 0.253 e. The van der Waals surface area contributed by atoms with Crippen LogP contribution in [0.4, 0.5) is 5.69 Å². The number of ether oxygens (including phenoxy) is 1. The number of H-pyrrole nitrogens is 1. The van der Waals surface area contributed by atoms with Gasteiger partial charge in [-0.1, -0.05) is 11.6 Å². The molecule has 1 aliphatic heterocycles. The Kier molecular flexibility index (Phi) is 8.44. The van der Waals surface area contributed by atoms with Crippen LogP contribution in [0.1, 0.15) is 66.9 Å². The van der Waals surface area contributed by atoms with E-state index in [-0.39, 0.29) is 29.7 Å². The third kappa shape index (κ3) is 6.44. The van der Waals surface area contributed by atoms with Crippen molar-refractivity contribution in [1.82, 2.24) is 15.2 Å². The number of nitrogens with one attached hydrogen (secondary N) is 2. The first-order chi connectivity index (χ1) is 16.8. The van der Waals surface area contributed by atoms with Gasteiger partial charge in [-0.3, -0.25) is 9.59 Å². The lowest BCUT2D eigenvalue weighted by Crippen LogP contribution is -2.39. The van der Waals surface area contributed by atoms with Crippen molar-refractivity contribution in [3.8, 4) is 0 Å². The zero-order chi connectivity index (χ0) is 26.8. The first kappa shape index (κ1) is 27.7. The van der Waals surface area contributed by atoms with E-state index in [0.717, 1.165) is 48.6 Å². The molecule has 0 saturated carbocycles. The van der Waals surface area contributed by atoms with Crippen LogP contribution in [0.3, 0.4) is 0 Å². The SMILES string of the molecule is C=C(OC(C)(C)C)N1CCC(N(CC)c2cc(Cl)cc(C(=O)NCc3c(C)cc(C)[nH]c3=O)c2C)C1. The Morgan fingerprint density at radius 2 is 1.97 bits per heavy atom. The van der Waals surface area contributed by atoms with Crippen molar-refractivity contribution >= 4 is 23.2 Å². The van der Waals surface area contributed by atoms with Crippen LogP contribution in [0.5, 0.6) is 0 Å². The summed E-state index contributed by atoms with van der Waals surface area (Å²) >= 11 is 6.50. The maximum absolute atomic E-state index is 13.2.